The van der Waals surface area contributed by atoms with E-state index >= 15 is 0 Å². The molecule has 9 heteroatoms. The SMILES string of the molecule is Cn1ccc(C(=O)N[C@H](c2c(F)cccc2F)C(F)(F)F)cc1=O. The molecule has 1 atom stereocenters. The first-order valence-corrected chi connectivity index (χ1v) is 6.59. The lowest BCUT2D eigenvalue weighted by atomic mass is 10.0. The van der Waals surface area contributed by atoms with E-state index in [1.54, 1.807) is 0 Å². The number of nitrogens with one attached hydrogen (secondary N) is 1. The largest absolute Gasteiger partial charge is 0.413 e. The van der Waals surface area contributed by atoms with Gasteiger partial charge in [0.25, 0.3) is 11.5 Å². The molecule has 4 nitrogen and oxygen atoms in total. The maximum atomic E-state index is 13.7. The number of rotatable bonds is 3. The molecule has 1 amide bonds. The standard InChI is InChI=1S/C15H11F5N2O2/c1-22-6-5-8(7-11(22)23)14(24)21-13(15(18,19)20)12-9(16)3-2-4-10(12)17/h2-7,13H,1H3,(H,21,24)/t13-/m1/s1. The van der Waals surface area contributed by atoms with Gasteiger partial charge in [-0.2, -0.15) is 13.2 Å². The van der Waals surface area contributed by atoms with Crippen LogP contribution in [0.3, 0.4) is 0 Å². The Balaban J connectivity index is 2.42. The Hall–Kier alpha value is -2.71. The van der Waals surface area contributed by atoms with Gasteiger partial charge in [-0.3, -0.25) is 9.59 Å². The Morgan fingerprint density at radius 1 is 1.17 bits per heavy atom. The first-order valence-electron chi connectivity index (χ1n) is 6.59. The van der Waals surface area contributed by atoms with Crippen molar-refractivity contribution in [1.29, 1.82) is 0 Å². The molecule has 0 unspecified atom stereocenters. The second-order valence-electron chi connectivity index (χ2n) is 4.95. The third kappa shape index (κ3) is 3.61. The van der Waals surface area contributed by atoms with Crippen LogP contribution in [0.1, 0.15) is 22.0 Å². The molecule has 0 radical (unpaired) electrons. The number of aromatic nitrogens is 1. The van der Waals surface area contributed by atoms with E-state index in [0.717, 1.165) is 22.8 Å². The number of halogens is 5. The molecule has 0 saturated heterocycles. The van der Waals surface area contributed by atoms with Gasteiger partial charge in [0.15, 0.2) is 6.04 Å². The van der Waals surface area contributed by atoms with Gasteiger partial charge in [0, 0.05) is 24.9 Å². The summed E-state index contributed by atoms with van der Waals surface area (Å²) in [7, 11) is 1.39. The van der Waals surface area contributed by atoms with Crippen molar-refractivity contribution >= 4 is 5.91 Å². The van der Waals surface area contributed by atoms with Gasteiger partial charge in [-0.05, 0) is 18.2 Å². The summed E-state index contributed by atoms with van der Waals surface area (Å²) in [5.74, 6) is -4.17. The van der Waals surface area contributed by atoms with Crippen molar-refractivity contribution in [3.63, 3.8) is 0 Å². The van der Waals surface area contributed by atoms with Gasteiger partial charge in [0.05, 0.1) is 5.56 Å². The van der Waals surface area contributed by atoms with Crippen LogP contribution in [0.15, 0.2) is 41.3 Å². The van der Waals surface area contributed by atoms with Crippen molar-refractivity contribution < 1.29 is 26.7 Å². The lowest BCUT2D eigenvalue weighted by Gasteiger charge is -2.23. The molecule has 0 spiro atoms. The monoisotopic (exact) mass is 346 g/mol. The molecule has 0 bridgehead atoms. The Morgan fingerprint density at radius 3 is 2.25 bits per heavy atom. The number of hydrogen-bond donors (Lipinski definition) is 1. The van der Waals surface area contributed by atoms with Crippen LogP contribution < -0.4 is 10.9 Å². The maximum absolute atomic E-state index is 13.7. The van der Waals surface area contributed by atoms with Crippen LogP contribution >= 0.6 is 0 Å². The first kappa shape index (κ1) is 17.6. The highest BCUT2D eigenvalue weighted by Gasteiger charge is 2.44. The van der Waals surface area contributed by atoms with Crippen LogP contribution in [0.2, 0.25) is 0 Å². The summed E-state index contributed by atoms with van der Waals surface area (Å²) in [6, 6.07) is 1.26. The minimum Gasteiger partial charge on any atom is -0.337 e. The molecule has 128 valence electrons. The van der Waals surface area contributed by atoms with E-state index in [-0.39, 0.29) is 5.56 Å². The highest BCUT2D eigenvalue weighted by Crippen LogP contribution is 2.35. The van der Waals surface area contributed by atoms with Crippen LogP contribution in [-0.2, 0) is 7.05 Å². The van der Waals surface area contributed by atoms with Crippen LogP contribution in [0.4, 0.5) is 22.0 Å². The summed E-state index contributed by atoms with van der Waals surface area (Å²) in [4.78, 5) is 23.4. The normalized spacial score (nSPS) is 12.8. The average molecular weight is 346 g/mol. The molecule has 0 aliphatic rings. The first-order chi connectivity index (χ1) is 11.1. The van der Waals surface area contributed by atoms with Crippen LogP contribution in [0, 0.1) is 11.6 Å². The topological polar surface area (TPSA) is 51.1 Å². The molecule has 1 aromatic carbocycles. The Labute approximate surface area is 132 Å². The number of alkyl halides is 3. The van der Waals surface area contributed by atoms with E-state index in [9.17, 15) is 31.5 Å². The zero-order chi connectivity index (χ0) is 18.1. The molecule has 2 rings (SSSR count). The lowest BCUT2D eigenvalue weighted by Crippen LogP contribution is -2.39. The van der Waals surface area contributed by atoms with Gasteiger partial charge in [-0.25, -0.2) is 8.78 Å². The van der Waals surface area contributed by atoms with E-state index in [1.807, 2.05) is 0 Å². The van der Waals surface area contributed by atoms with Gasteiger partial charge in [0.2, 0.25) is 0 Å². The van der Waals surface area contributed by atoms with Crippen LogP contribution in [0.5, 0.6) is 0 Å². The van der Waals surface area contributed by atoms with Gasteiger partial charge in [-0.1, -0.05) is 6.07 Å². The third-order valence-corrected chi connectivity index (χ3v) is 3.26. The number of pyridine rings is 1. The van der Waals surface area contributed by atoms with Gasteiger partial charge in [0.1, 0.15) is 11.6 Å². The summed E-state index contributed by atoms with van der Waals surface area (Å²) in [5.41, 5.74) is -2.30. The van der Waals surface area contributed by atoms with E-state index < -0.39 is 40.9 Å². The third-order valence-electron chi connectivity index (χ3n) is 3.26. The summed E-state index contributed by atoms with van der Waals surface area (Å²) in [6.07, 6.45) is -3.96. The predicted molar refractivity (Wildman–Crippen MR) is 74.3 cm³/mol. The number of hydrogen-bond acceptors (Lipinski definition) is 2. The molecule has 1 heterocycles. The molecule has 1 N–H and O–H groups in total. The summed E-state index contributed by atoms with van der Waals surface area (Å²) < 4.78 is 67.9. The summed E-state index contributed by atoms with van der Waals surface area (Å²) >= 11 is 0. The molecular formula is C15H11F5N2O2. The number of carbonyl (C=O) groups excluding carboxylic acids is 1. The second-order valence-corrected chi connectivity index (χ2v) is 4.95. The smallest absolute Gasteiger partial charge is 0.337 e. The number of benzene rings is 1. The van der Waals surface area contributed by atoms with E-state index in [4.69, 9.17) is 0 Å². The minimum absolute atomic E-state index is 0.357. The van der Waals surface area contributed by atoms with Crippen molar-refractivity contribution in [2.75, 3.05) is 0 Å². The highest BCUT2D eigenvalue weighted by atomic mass is 19.4. The molecule has 2 aromatic rings. The number of amides is 1. The molecular weight excluding hydrogens is 335 g/mol. The van der Waals surface area contributed by atoms with Gasteiger partial charge in [-0.15, -0.1) is 0 Å². The molecule has 24 heavy (non-hydrogen) atoms. The quantitative estimate of drug-likeness (QED) is 0.869. The van der Waals surface area contributed by atoms with Gasteiger partial charge >= 0.3 is 6.18 Å². The van der Waals surface area contributed by atoms with Crippen molar-refractivity contribution in [3.8, 4) is 0 Å². The predicted octanol–water partition coefficient (Wildman–Crippen LogP) is 2.70. The summed E-state index contributed by atoms with van der Waals surface area (Å²) in [5, 5.41) is 1.53. The fourth-order valence-corrected chi connectivity index (χ4v) is 2.01. The summed E-state index contributed by atoms with van der Waals surface area (Å²) in [6.45, 7) is 0. The van der Waals surface area contributed by atoms with Crippen LogP contribution in [0.25, 0.3) is 0 Å². The fourth-order valence-electron chi connectivity index (χ4n) is 2.01. The molecule has 0 aliphatic heterocycles. The Bertz CT molecular complexity index is 809. The maximum Gasteiger partial charge on any atom is 0.413 e. The minimum atomic E-state index is -5.14. The van der Waals surface area contributed by atoms with E-state index in [1.165, 1.54) is 18.6 Å². The Kier molecular flexibility index (Phi) is 4.72. The number of carbonyl (C=O) groups is 1. The number of nitrogens with zero attached hydrogens (tertiary/aromatic N) is 1. The lowest BCUT2D eigenvalue weighted by molar-refractivity contribution is -0.156. The zero-order valence-electron chi connectivity index (χ0n) is 12.2. The van der Waals surface area contributed by atoms with E-state index in [0.29, 0.717) is 12.1 Å². The van der Waals surface area contributed by atoms with Crippen molar-refractivity contribution in [1.82, 2.24) is 9.88 Å². The van der Waals surface area contributed by atoms with Crippen molar-refractivity contribution in [2.45, 2.75) is 12.2 Å². The average Bonchev–Trinajstić information content (AvgIpc) is 2.47. The molecule has 0 fully saturated rings. The van der Waals surface area contributed by atoms with Crippen molar-refractivity contribution in [3.05, 3.63) is 69.6 Å². The van der Waals surface area contributed by atoms with Crippen molar-refractivity contribution in [2.24, 2.45) is 7.05 Å². The van der Waals surface area contributed by atoms with Crippen LogP contribution in [-0.4, -0.2) is 16.7 Å². The van der Waals surface area contributed by atoms with E-state index in [2.05, 4.69) is 0 Å². The zero-order valence-corrected chi connectivity index (χ0v) is 12.2. The number of aryl methyl sites for hydroxylation is 1. The molecule has 0 saturated carbocycles. The molecule has 0 aliphatic carbocycles. The fraction of sp³-hybridized carbons (Fsp3) is 0.200. The second kappa shape index (κ2) is 6.42. The molecule has 1 aromatic heterocycles. The Morgan fingerprint density at radius 2 is 1.75 bits per heavy atom. The highest BCUT2D eigenvalue weighted by molar-refractivity contribution is 5.94. The van der Waals surface area contributed by atoms with Gasteiger partial charge < -0.3 is 9.88 Å².